The number of hydrogen-bond donors (Lipinski definition) is 1. The van der Waals surface area contributed by atoms with Crippen LogP contribution >= 0.6 is 0 Å². The number of amidine groups is 2. The molecule has 52 heavy (non-hydrogen) atoms. The molecule has 1 atom stereocenters. The maximum atomic E-state index is 6.82. The molecule has 5 nitrogen and oxygen atoms in total. The fraction of sp³-hybridized carbons (Fsp3) is 0.0213. The summed E-state index contributed by atoms with van der Waals surface area (Å²) in [5.74, 6) is 1.49. The summed E-state index contributed by atoms with van der Waals surface area (Å²) in [7, 11) is 0. The Morgan fingerprint density at radius 2 is 1.13 bits per heavy atom. The predicted octanol–water partition coefficient (Wildman–Crippen LogP) is 12.0. The van der Waals surface area contributed by atoms with Crippen LogP contribution in [-0.4, -0.2) is 11.7 Å². The molecule has 0 bridgehead atoms. The predicted molar refractivity (Wildman–Crippen MR) is 213 cm³/mol. The molecule has 11 rings (SSSR count). The summed E-state index contributed by atoms with van der Waals surface area (Å²) >= 11 is 0. The molecule has 1 aliphatic rings. The van der Waals surface area contributed by atoms with Gasteiger partial charge in [0.2, 0.25) is 0 Å². The number of rotatable bonds is 4. The molecule has 1 aliphatic heterocycles. The quantitative estimate of drug-likeness (QED) is 0.203. The van der Waals surface area contributed by atoms with Gasteiger partial charge in [0, 0.05) is 43.8 Å². The van der Waals surface area contributed by atoms with Gasteiger partial charge in [0.1, 0.15) is 34.0 Å². The first-order valence-corrected chi connectivity index (χ1v) is 17.5. The molecule has 244 valence electrons. The first-order valence-electron chi connectivity index (χ1n) is 17.5. The lowest BCUT2D eigenvalue weighted by Crippen LogP contribution is -2.36. The minimum Gasteiger partial charge on any atom is -0.456 e. The van der Waals surface area contributed by atoms with E-state index in [1.54, 1.807) is 0 Å². The zero-order chi connectivity index (χ0) is 34.2. The summed E-state index contributed by atoms with van der Waals surface area (Å²) in [5, 5.41) is 12.4. The number of aliphatic imine (C=N–C) groups is 2. The van der Waals surface area contributed by atoms with E-state index >= 15 is 0 Å². The molecule has 3 heterocycles. The molecule has 8 aromatic carbocycles. The standard InChI is InChI=1S/C47H29N3O2/c1-2-12-29(13-3-1)34-23-24-37(43-38-26-31-15-6-7-16-32(31)27-41(38)52-44(34)43)47-49-45(33-22-21-28-11-4-5-14-30(28)25-33)48-46(50-47)36-18-10-20-40-42(36)35-17-8-9-19-39(35)51-40/h1-27,47H,(H,48,49,50). The van der Waals surface area contributed by atoms with Crippen LogP contribution in [0, 0.1) is 0 Å². The van der Waals surface area contributed by atoms with E-state index in [1.807, 2.05) is 36.4 Å². The number of nitrogens with one attached hydrogen (secondary N) is 1. The van der Waals surface area contributed by atoms with E-state index in [0.29, 0.717) is 0 Å². The topological polar surface area (TPSA) is 63.0 Å². The normalized spacial score (nSPS) is 14.7. The van der Waals surface area contributed by atoms with Gasteiger partial charge in [-0.15, -0.1) is 0 Å². The van der Waals surface area contributed by atoms with Crippen LogP contribution in [0.5, 0.6) is 0 Å². The van der Waals surface area contributed by atoms with Gasteiger partial charge in [-0.3, -0.25) is 0 Å². The molecule has 10 aromatic rings. The fourth-order valence-corrected chi connectivity index (χ4v) is 7.83. The van der Waals surface area contributed by atoms with Gasteiger partial charge in [0.25, 0.3) is 0 Å². The summed E-state index contributed by atoms with van der Waals surface area (Å²) in [6.07, 6.45) is -0.564. The lowest BCUT2D eigenvalue weighted by molar-refractivity contribution is 0.669. The molecule has 2 aromatic heterocycles. The minimum atomic E-state index is -0.564. The molecule has 0 saturated heterocycles. The largest absolute Gasteiger partial charge is 0.456 e. The van der Waals surface area contributed by atoms with Crippen molar-refractivity contribution >= 4 is 77.1 Å². The molecule has 1 unspecified atom stereocenters. The number of hydrogen-bond acceptors (Lipinski definition) is 5. The third-order valence-electron chi connectivity index (χ3n) is 10.3. The summed E-state index contributed by atoms with van der Waals surface area (Å²) in [6, 6.07) is 56.8. The number of fused-ring (bicyclic) bond motifs is 8. The smallest absolute Gasteiger partial charge is 0.170 e. The second kappa shape index (κ2) is 11.3. The third-order valence-corrected chi connectivity index (χ3v) is 10.3. The summed E-state index contributed by atoms with van der Waals surface area (Å²) < 4.78 is 13.1. The first kappa shape index (κ1) is 28.8. The number of benzene rings is 8. The first-order chi connectivity index (χ1) is 25.7. The lowest BCUT2D eigenvalue weighted by atomic mass is 9.96. The van der Waals surface area contributed by atoms with Gasteiger partial charge in [0.05, 0.1) is 0 Å². The van der Waals surface area contributed by atoms with Gasteiger partial charge in [-0.05, 0) is 57.4 Å². The molecule has 0 saturated carbocycles. The molecule has 0 fully saturated rings. The summed E-state index contributed by atoms with van der Waals surface area (Å²) in [6.45, 7) is 0. The Balaban J connectivity index is 1.19. The van der Waals surface area contributed by atoms with Crippen molar-refractivity contribution in [2.45, 2.75) is 6.17 Å². The van der Waals surface area contributed by atoms with E-state index in [9.17, 15) is 0 Å². The zero-order valence-corrected chi connectivity index (χ0v) is 27.9. The van der Waals surface area contributed by atoms with Gasteiger partial charge < -0.3 is 14.2 Å². The van der Waals surface area contributed by atoms with E-state index < -0.39 is 6.17 Å². The molecule has 0 amide bonds. The van der Waals surface area contributed by atoms with Crippen LogP contribution in [0.4, 0.5) is 0 Å². The molecular formula is C47H29N3O2. The Kier molecular flexibility index (Phi) is 6.25. The van der Waals surface area contributed by atoms with Gasteiger partial charge in [0.15, 0.2) is 6.17 Å². The van der Waals surface area contributed by atoms with Crippen molar-refractivity contribution in [3.63, 3.8) is 0 Å². The van der Waals surface area contributed by atoms with E-state index in [2.05, 4.69) is 133 Å². The molecule has 5 heteroatoms. The Morgan fingerprint density at radius 1 is 0.423 bits per heavy atom. The molecule has 1 N–H and O–H groups in total. The Bertz CT molecular complexity index is 3110. The minimum absolute atomic E-state index is 0.564. The van der Waals surface area contributed by atoms with Gasteiger partial charge in [-0.2, -0.15) is 0 Å². The van der Waals surface area contributed by atoms with Gasteiger partial charge in [-0.25, -0.2) is 9.98 Å². The van der Waals surface area contributed by atoms with E-state index in [0.717, 1.165) is 99.5 Å². The van der Waals surface area contributed by atoms with Crippen molar-refractivity contribution in [1.29, 1.82) is 0 Å². The summed E-state index contributed by atoms with van der Waals surface area (Å²) in [5.41, 5.74) is 8.38. The number of furan rings is 2. The Hall–Kier alpha value is -6.98. The molecule has 0 radical (unpaired) electrons. The second-order valence-electron chi connectivity index (χ2n) is 13.4. The fourth-order valence-electron chi connectivity index (χ4n) is 7.83. The maximum absolute atomic E-state index is 6.82. The van der Waals surface area contributed by atoms with E-state index in [-0.39, 0.29) is 0 Å². The Morgan fingerprint density at radius 3 is 2.00 bits per heavy atom. The van der Waals surface area contributed by atoms with E-state index in [1.165, 1.54) is 5.39 Å². The van der Waals surface area contributed by atoms with Gasteiger partial charge >= 0.3 is 0 Å². The highest BCUT2D eigenvalue weighted by Gasteiger charge is 2.27. The highest BCUT2D eigenvalue weighted by atomic mass is 16.3. The number of nitrogens with zero attached hydrogens (tertiary/aromatic N) is 2. The van der Waals surface area contributed by atoms with Crippen molar-refractivity contribution in [1.82, 2.24) is 5.32 Å². The second-order valence-corrected chi connectivity index (χ2v) is 13.4. The monoisotopic (exact) mass is 667 g/mol. The zero-order valence-electron chi connectivity index (χ0n) is 27.9. The molecule has 0 aliphatic carbocycles. The molecule has 0 spiro atoms. The van der Waals surface area contributed by atoms with Crippen LogP contribution in [0.2, 0.25) is 0 Å². The van der Waals surface area contributed by atoms with Crippen LogP contribution in [0.1, 0.15) is 22.9 Å². The van der Waals surface area contributed by atoms with Crippen LogP contribution in [0.15, 0.2) is 183 Å². The lowest BCUT2D eigenvalue weighted by Gasteiger charge is -2.23. The van der Waals surface area contributed by atoms with Gasteiger partial charge in [-0.1, -0.05) is 133 Å². The van der Waals surface area contributed by atoms with E-state index in [4.69, 9.17) is 18.8 Å². The van der Waals surface area contributed by atoms with Crippen molar-refractivity contribution in [2.24, 2.45) is 9.98 Å². The Labute approximate surface area is 298 Å². The van der Waals surface area contributed by atoms with Crippen molar-refractivity contribution in [3.8, 4) is 11.1 Å². The highest BCUT2D eigenvalue weighted by Crippen LogP contribution is 2.43. The maximum Gasteiger partial charge on any atom is 0.170 e. The van der Waals surface area contributed by atoms with Crippen molar-refractivity contribution in [3.05, 3.63) is 180 Å². The number of para-hydroxylation sites is 1. The van der Waals surface area contributed by atoms with Crippen LogP contribution < -0.4 is 5.32 Å². The average molecular weight is 668 g/mol. The van der Waals surface area contributed by atoms with Crippen LogP contribution in [0.3, 0.4) is 0 Å². The average Bonchev–Trinajstić information content (AvgIpc) is 3.78. The molecular weight excluding hydrogens is 639 g/mol. The third kappa shape index (κ3) is 4.49. The SMILES string of the molecule is c1ccc(-c2ccc(C3N=C(c4ccc5ccccc5c4)NC(c4cccc5oc6ccccc6c45)=N3)c3c2oc2cc4ccccc4cc23)cc1. The van der Waals surface area contributed by atoms with Crippen molar-refractivity contribution < 1.29 is 8.83 Å². The van der Waals surface area contributed by atoms with Crippen molar-refractivity contribution in [2.75, 3.05) is 0 Å². The highest BCUT2D eigenvalue weighted by molar-refractivity contribution is 6.24. The van der Waals surface area contributed by atoms with Crippen LogP contribution in [0.25, 0.3) is 76.5 Å². The summed E-state index contributed by atoms with van der Waals surface area (Å²) in [4.78, 5) is 10.8. The van der Waals surface area contributed by atoms with Crippen LogP contribution in [-0.2, 0) is 0 Å².